The van der Waals surface area contributed by atoms with Gasteiger partial charge >= 0.3 is 0 Å². The Balaban J connectivity index is 1.80. The molecule has 0 aliphatic carbocycles. The minimum absolute atomic E-state index is 0.353. The fraction of sp³-hybridized carbons (Fsp3) is 0.938. The van der Waals surface area contributed by atoms with Crippen molar-refractivity contribution in [1.29, 1.82) is 0 Å². The van der Waals surface area contributed by atoms with E-state index >= 15 is 0 Å². The van der Waals surface area contributed by atoms with E-state index in [-0.39, 0.29) is 0 Å². The van der Waals surface area contributed by atoms with Crippen LogP contribution >= 0.6 is 0 Å². The average molecular weight is 266 g/mol. The molecule has 0 N–H and O–H groups in total. The van der Waals surface area contributed by atoms with Gasteiger partial charge in [-0.3, -0.25) is 9.69 Å². The van der Waals surface area contributed by atoms with E-state index in [1.807, 2.05) is 0 Å². The van der Waals surface area contributed by atoms with Gasteiger partial charge in [0.25, 0.3) is 0 Å². The Kier molecular flexibility index (Phi) is 5.83. The summed E-state index contributed by atoms with van der Waals surface area (Å²) in [6, 6.07) is 1.30. The Hall–Kier alpha value is -0.410. The standard InChI is InChI=1S/C16H30N2O/c1-14(19)13-16-8-4-6-11-18(16)12-9-15-7-3-5-10-17(15)2/h15-16H,3-13H2,1-2H3. The highest BCUT2D eigenvalue weighted by Gasteiger charge is 2.25. The molecule has 110 valence electrons. The van der Waals surface area contributed by atoms with E-state index in [0.717, 1.165) is 12.5 Å². The molecule has 0 spiro atoms. The normalized spacial score (nSPS) is 30.4. The average Bonchev–Trinajstić information content (AvgIpc) is 2.39. The second-order valence-corrected chi connectivity index (χ2v) is 6.51. The monoisotopic (exact) mass is 266 g/mol. The number of hydrogen-bond donors (Lipinski definition) is 0. The second kappa shape index (κ2) is 7.39. The molecule has 0 amide bonds. The number of likely N-dealkylation sites (tertiary alicyclic amines) is 2. The minimum atomic E-state index is 0.353. The molecule has 0 aromatic rings. The van der Waals surface area contributed by atoms with E-state index < -0.39 is 0 Å². The first-order valence-electron chi connectivity index (χ1n) is 8.10. The zero-order valence-corrected chi connectivity index (χ0v) is 12.7. The maximum Gasteiger partial charge on any atom is 0.131 e. The molecule has 3 nitrogen and oxygen atoms in total. The van der Waals surface area contributed by atoms with Crippen LogP contribution in [-0.4, -0.2) is 54.3 Å². The third-order valence-electron chi connectivity index (χ3n) is 4.94. The van der Waals surface area contributed by atoms with E-state index in [1.54, 1.807) is 6.92 Å². The molecule has 2 heterocycles. The van der Waals surface area contributed by atoms with Crippen molar-refractivity contribution in [2.75, 3.05) is 26.7 Å². The fourth-order valence-electron chi connectivity index (χ4n) is 3.74. The van der Waals surface area contributed by atoms with Crippen molar-refractivity contribution in [2.45, 2.75) is 70.4 Å². The van der Waals surface area contributed by atoms with Crippen molar-refractivity contribution in [3.8, 4) is 0 Å². The molecule has 19 heavy (non-hydrogen) atoms. The number of ketones is 1. The SMILES string of the molecule is CC(=O)CC1CCCCN1CCC1CCCCN1C. The van der Waals surface area contributed by atoms with Gasteiger partial charge in [-0.15, -0.1) is 0 Å². The van der Waals surface area contributed by atoms with Crippen molar-refractivity contribution in [3.63, 3.8) is 0 Å². The van der Waals surface area contributed by atoms with Gasteiger partial charge in [0.05, 0.1) is 0 Å². The topological polar surface area (TPSA) is 23.6 Å². The van der Waals surface area contributed by atoms with Gasteiger partial charge in [-0.25, -0.2) is 0 Å². The zero-order valence-electron chi connectivity index (χ0n) is 12.7. The molecule has 2 aliphatic rings. The zero-order chi connectivity index (χ0) is 13.7. The first kappa shape index (κ1) is 15.0. The summed E-state index contributed by atoms with van der Waals surface area (Å²) < 4.78 is 0. The molecule has 0 aromatic carbocycles. The fourth-order valence-corrected chi connectivity index (χ4v) is 3.74. The van der Waals surface area contributed by atoms with E-state index in [4.69, 9.17) is 0 Å². The van der Waals surface area contributed by atoms with E-state index in [9.17, 15) is 4.79 Å². The summed E-state index contributed by atoms with van der Waals surface area (Å²) in [6.07, 6.45) is 10.0. The third-order valence-corrected chi connectivity index (χ3v) is 4.94. The van der Waals surface area contributed by atoms with Crippen LogP contribution in [0.25, 0.3) is 0 Å². The smallest absolute Gasteiger partial charge is 0.131 e. The minimum Gasteiger partial charge on any atom is -0.303 e. The Morgan fingerprint density at radius 3 is 2.42 bits per heavy atom. The molecule has 2 unspecified atom stereocenters. The molecule has 2 atom stereocenters. The summed E-state index contributed by atoms with van der Waals surface area (Å²) in [5.41, 5.74) is 0. The van der Waals surface area contributed by atoms with Gasteiger partial charge in [-0.1, -0.05) is 12.8 Å². The van der Waals surface area contributed by atoms with Crippen LogP contribution in [0.2, 0.25) is 0 Å². The molecule has 0 bridgehead atoms. The number of hydrogen-bond acceptors (Lipinski definition) is 3. The lowest BCUT2D eigenvalue weighted by Gasteiger charge is -2.38. The summed E-state index contributed by atoms with van der Waals surface area (Å²) in [7, 11) is 2.27. The van der Waals surface area contributed by atoms with Crippen LogP contribution in [0.3, 0.4) is 0 Å². The van der Waals surface area contributed by atoms with Gasteiger partial charge in [0.15, 0.2) is 0 Å². The lowest BCUT2D eigenvalue weighted by molar-refractivity contribution is -0.118. The molecule has 2 fully saturated rings. The molecule has 0 saturated carbocycles. The summed E-state index contributed by atoms with van der Waals surface area (Å²) >= 11 is 0. The number of piperidine rings is 2. The van der Waals surface area contributed by atoms with Crippen molar-refractivity contribution in [3.05, 3.63) is 0 Å². The Morgan fingerprint density at radius 1 is 1.05 bits per heavy atom. The first-order valence-corrected chi connectivity index (χ1v) is 8.10. The molecule has 0 radical (unpaired) electrons. The lowest BCUT2D eigenvalue weighted by Crippen LogP contribution is -2.44. The quantitative estimate of drug-likeness (QED) is 0.764. The Labute approximate surface area is 118 Å². The number of carbonyl (C=O) groups excluding carboxylic acids is 1. The van der Waals surface area contributed by atoms with Gasteiger partial charge < -0.3 is 4.90 Å². The molecule has 3 heteroatoms. The molecule has 2 rings (SSSR count). The second-order valence-electron chi connectivity index (χ2n) is 6.51. The van der Waals surface area contributed by atoms with E-state index in [1.165, 1.54) is 64.6 Å². The van der Waals surface area contributed by atoms with Crippen LogP contribution in [0, 0.1) is 0 Å². The van der Waals surface area contributed by atoms with Gasteiger partial charge in [-0.2, -0.15) is 0 Å². The maximum atomic E-state index is 11.4. The molecule has 2 saturated heterocycles. The van der Waals surface area contributed by atoms with Crippen LogP contribution in [0.1, 0.15) is 58.3 Å². The summed E-state index contributed by atoms with van der Waals surface area (Å²) in [6.45, 7) is 5.39. The van der Waals surface area contributed by atoms with Gasteiger partial charge in [-0.05, 0) is 65.7 Å². The highest BCUT2D eigenvalue weighted by molar-refractivity contribution is 5.76. The van der Waals surface area contributed by atoms with Crippen LogP contribution in [-0.2, 0) is 4.79 Å². The van der Waals surface area contributed by atoms with Gasteiger partial charge in [0.2, 0.25) is 0 Å². The number of rotatable bonds is 5. The van der Waals surface area contributed by atoms with Crippen molar-refractivity contribution in [1.82, 2.24) is 9.80 Å². The largest absolute Gasteiger partial charge is 0.303 e. The third kappa shape index (κ3) is 4.57. The van der Waals surface area contributed by atoms with Gasteiger partial charge in [0.1, 0.15) is 5.78 Å². The van der Waals surface area contributed by atoms with Crippen LogP contribution in [0.15, 0.2) is 0 Å². The highest BCUT2D eigenvalue weighted by Crippen LogP contribution is 2.23. The Morgan fingerprint density at radius 2 is 1.74 bits per heavy atom. The van der Waals surface area contributed by atoms with Crippen molar-refractivity contribution in [2.24, 2.45) is 0 Å². The summed E-state index contributed by atoms with van der Waals surface area (Å²) in [5, 5.41) is 0. The summed E-state index contributed by atoms with van der Waals surface area (Å²) in [5.74, 6) is 0.353. The van der Waals surface area contributed by atoms with Crippen molar-refractivity contribution < 1.29 is 4.79 Å². The number of nitrogens with zero attached hydrogens (tertiary/aromatic N) is 2. The number of carbonyl (C=O) groups is 1. The number of Topliss-reactive ketones (excluding diaryl/α,β-unsaturated/α-hetero) is 1. The predicted molar refractivity (Wildman–Crippen MR) is 79.4 cm³/mol. The molecule has 0 aromatic heterocycles. The molecular weight excluding hydrogens is 236 g/mol. The van der Waals surface area contributed by atoms with Crippen LogP contribution < -0.4 is 0 Å². The van der Waals surface area contributed by atoms with E-state index in [2.05, 4.69) is 16.8 Å². The molecule has 2 aliphatic heterocycles. The summed E-state index contributed by atoms with van der Waals surface area (Å²) in [4.78, 5) is 16.5. The molecular formula is C16H30N2O. The van der Waals surface area contributed by atoms with E-state index in [0.29, 0.717) is 11.8 Å². The van der Waals surface area contributed by atoms with Crippen molar-refractivity contribution >= 4 is 5.78 Å². The van der Waals surface area contributed by atoms with Crippen LogP contribution in [0.4, 0.5) is 0 Å². The lowest BCUT2D eigenvalue weighted by atomic mass is 9.95. The maximum absolute atomic E-state index is 11.4. The first-order chi connectivity index (χ1) is 9.16. The van der Waals surface area contributed by atoms with Gasteiger partial charge in [0, 0.05) is 18.5 Å². The Bertz CT molecular complexity index is 292. The highest BCUT2D eigenvalue weighted by atomic mass is 16.1. The van der Waals surface area contributed by atoms with Crippen LogP contribution in [0.5, 0.6) is 0 Å². The predicted octanol–water partition coefficient (Wildman–Crippen LogP) is 2.69.